The first-order valence-electron chi connectivity index (χ1n) is 6.98. The predicted octanol–water partition coefficient (Wildman–Crippen LogP) is 5.19. The van der Waals surface area contributed by atoms with E-state index in [1.807, 2.05) is 30.3 Å². The zero-order valence-electron chi connectivity index (χ0n) is 11.7. The van der Waals surface area contributed by atoms with Gasteiger partial charge in [0.15, 0.2) is 5.43 Å². The minimum absolute atomic E-state index is 0.0162. The van der Waals surface area contributed by atoms with Crippen LogP contribution in [0.15, 0.2) is 81.5 Å². The molecule has 4 rings (SSSR count). The van der Waals surface area contributed by atoms with Crippen molar-refractivity contribution in [2.75, 3.05) is 0 Å². The second-order valence-corrected chi connectivity index (χ2v) is 5.97. The normalized spacial score (nSPS) is 10.9. The van der Waals surface area contributed by atoms with Gasteiger partial charge < -0.3 is 4.42 Å². The summed E-state index contributed by atoms with van der Waals surface area (Å²) in [6.07, 6.45) is 1.46. The number of fused-ring (bicyclic) bond motifs is 1. The molecule has 0 spiro atoms. The summed E-state index contributed by atoms with van der Waals surface area (Å²) in [5, 5.41) is 2.68. The van der Waals surface area contributed by atoms with Crippen molar-refractivity contribution in [1.82, 2.24) is 0 Å². The third-order valence-corrected chi connectivity index (χ3v) is 4.58. The molecule has 4 aromatic rings. The van der Waals surface area contributed by atoms with E-state index in [9.17, 15) is 4.79 Å². The zero-order chi connectivity index (χ0) is 14.9. The molecule has 2 heterocycles. The average molecular weight is 304 g/mol. The lowest BCUT2D eigenvalue weighted by molar-refractivity contribution is 0.603. The van der Waals surface area contributed by atoms with E-state index in [2.05, 4.69) is 23.6 Å². The Kier molecular flexibility index (Phi) is 3.13. The summed E-state index contributed by atoms with van der Waals surface area (Å²) in [4.78, 5) is 13.2. The topological polar surface area (TPSA) is 30.2 Å². The third-order valence-electron chi connectivity index (χ3n) is 3.67. The van der Waals surface area contributed by atoms with E-state index in [1.54, 1.807) is 17.4 Å². The molecule has 0 saturated carbocycles. The molecule has 2 nitrogen and oxygen atoms in total. The lowest BCUT2D eigenvalue weighted by atomic mass is 10.0. The van der Waals surface area contributed by atoms with E-state index >= 15 is 0 Å². The molecule has 0 aliphatic rings. The van der Waals surface area contributed by atoms with Crippen LogP contribution in [0.4, 0.5) is 0 Å². The molecular weight excluding hydrogens is 292 g/mol. The van der Waals surface area contributed by atoms with E-state index in [0.29, 0.717) is 11.0 Å². The van der Waals surface area contributed by atoms with Gasteiger partial charge in [-0.2, -0.15) is 0 Å². The second kappa shape index (κ2) is 5.28. The highest BCUT2D eigenvalue weighted by Crippen LogP contribution is 2.32. The molecule has 22 heavy (non-hydrogen) atoms. The molecule has 0 aliphatic heterocycles. The highest BCUT2D eigenvalue weighted by molar-refractivity contribution is 7.13. The Morgan fingerprint density at radius 1 is 0.864 bits per heavy atom. The maximum absolute atomic E-state index is 12.0. The number of para-hydroxylation sites is 1. The maximum atomic E-state index is 12.0. The van der Waals surface area contributed by atoms with E-state index in [4.69, 9.17) is 4.42 Å². The van der Waals surface area contributed by atoms with Crippen molar-refractivity contribution >= 4 is 22.3 Å². The second-order valence-electron chi connectivity index (χ2n) is 5.03. The molecule has 2 aromatic heterocycles. The van der Waals surface area contributed by atoms with Gasteiger partial charge in [-0.05, 0) is 34.7 Å². The van der Waals surface area contributed by atoms with Gasteiger partial charge in [-0.3, -0.25) is 4.79 Å². The predicted molar refractivity (Wildman–Crippen MR) is 91.2 cm³/mol. The van der Waals surface area contributed by atoms with Crippen molar-refractivity contribution in [1.29, 1.82) is 0 Å². The van der Waals surface area contributed by atoms with Gasteiger partial charge in [0.2, 0.25) is 0 Å². The van der Waals surface area contributed by atoms with Crippen molar-refractivity contribution in [2.24, 2.45) is 0 Å². The lowest BCUT2D eigenvalue weighted by Gasteiger charge is -2.07. The van der Waals surface area contributed by atoms with Crippen LogP contribution in [-0.4, -0.2) is 0 Å². The Morgan fingerprint density at radius 2 is 1.73 bits per heavy atom. The first kappa shape index (κ1) is 13.0. The summed E-state index contributed by atoms with van der Waals surface area (Å²) in [6.45, 7) is 0. The van der Waals surface area contributed by atoms with E-state index in [-0.39, 0.29) is 5.43 Å². The van der Waals surface area contributed by atoms with Crippen LogP contribution in [0.3, 0.4) is 0 Å². The fourth-order valence-corrected chi connectivity index (χ4v) is 3.35. The van der Waals surface area contributed by atoms with Crippen LogP contribution in [0, 0.1) is 0 Å². The molecule has 0 atom stereocenters. The molecule has 0 radical (unpaired) electrons. The SMILES string of the molecule is O=c1ccoc2c(-c3cccc(-c4cccs4)c3)cccc12. The molecule has 0 aliphatic carbocycles. The van der Waals surface area contributed by atoms with Crippen LogP contribution >= 0.6 is 11.3 Å². The quantitative estimate of drug-likeness (QED) is 0.510. The molecular formula is C19H12O2S. The first-order chi connectivity index (χ1) is 10.8. The van der Waals surface area contributed by atoms with Crippen LogP contribution in [0.5, 0.6) is 0 Å². The van der Waals surface area contributed by atoms with E-state index in [0.717, 1.165) is 11.1 Å². The smallest absolute Gasteiger partial charge is 0.192 e. The maximum Gasteiger partial charge on any atom is 0.192 e. The van der Waals surface area contributed by atoms with E-state index < -0.39 is 0 Å². The summed E-state index contributed by atoms with van der Waals surface area (Å²) in [6, 6.07) is 19.6. The highest BCUT2D eigenvalue weighted by atomic mass is 32.1. The summed E-state index contributed by atoms with van der Waals surface area (Å²) >= 11 is 1.71. The Hall–Kier alpha value is -2.65. The summed E-state index contributed by atoms with van der Waals surface area (Å²) in [5.74, 6) is 0. The van der Waals surface area contributed by atoms with Gasteiger partial charge >= 0.3 is 0 Å². The summed E-state index contributed by atoms with van der Waals surface area (Å²) < 4.78 is 5.61. The van der Waals surface area contributed by atoms with Crippen molar-refractivity contribution in [3.8, 4) is 21.6 Å². The van der Waals surface area contributed by atoms with Crippen molar-refractivity contribution < 1.29 is 4.42 Å². The summed E-state index contributed by atoms with van der Waals surface area (Å²) in [7, 11) is 0. The van der Waals surface area contributed by atoms with E-state index in [1.165, 1.54) is 22.8 Å². The Balaban J connectivity index is 1.95. The Bertz CT molecular complexity index is 997. The number of hydrogen-bond donors (Lipinski definition) is 0. The minimum Gasteiger partial charge on any atom is -0.463 e. The first-order valence-corrected chi connectivity index (χ1v) is 7.86. The standard InChI is InChI=1S/C19H12O2S/c20-17-9-10-21-19-15(6-2-7-16(17)19)13-4-1-5-14(12-13)18-8-3-11-22-18/h1-12H. The van der Waals surface area contributed by atoms with Crippen LogP contribution in [0.2, 0.25) is 0 Å². The van der Waals surface area contributed by atoms with Gasteiger partial charge in [0.05, 0.1) is 11.6 Å². The fourth-order valence-electron chi connectivity index (χ4n) is 2.62. The number of hydrogen-bond acceptors (Lipinski definition) is 3. The van der Waals surface area contributed by atoms with Crippen LogP contribution in [0.25, 0.3) is 32.5 Å². The van der Waals surface area contributed by atoms with Gasteiger partial charge in [0, 0.05) is 16.5 Å². The number of thiophene rings is 1. The van der Waals surface area contributed by atoms with Gasteiger partial charge in [-0.1, -0.05) is 36.4 Å². The largest absolute Gasteiger partial charge is 0.463 e. The molecule has 106 valence electrons. The molecule has 2 aromatic carbocycles. The van der Waals surface area contributed by atoms with Crippen LogP contribution in [-0.2, 0) is 0 Å². The molecule has 0 fully saturated rings. The minimum atomic E-state index is -0.0162. The average Bonchev–Trinajstić information content (AvgIpc) is 3.09. The number of rotatable bonds is 2. The van der Waals surface area contributed by atoms with Crippen LogP contribution < -0.4 is 5.43 Å². The van der Waals surface area contributed by atoms with Gasteiger partial charge in [0.25, 0.3) is 0 Å². The highest BCUT2D eigenvalue weighted by Gasteiger charge is 2.09. The molecule has 0 amide bonds. The molecule has 0 bridgehead atoms. The van der Waals surface area contributed by atoms with Crippen molar-refractivity contribution in [3.63, 3.8) is 0 Å². The van der Waals surface area contributed by atoms with Crippen molar-refractivity contribution in [2.45, 2.75) is 0 Å². The number of benzene rings is 2. The van der Waals surface area contributed by atoms with Crippen molar-refractivity contribution in [3.05, 3.63) is 82.5 Å². The van der Waals surface area contributed by atoms with Crippen LogP contribution in [0.1, 0.15) is 0 Å². The Morgan fingerprint density at radius 3 is 2.59 bits per heavy atom. The third kappa shape index (κ3) is 2.16. The zero-order valence-corrected chi connectivity index (χ0v) is 12.5. The van der Waals surface area contributed by atoms with Gasteiger partial charge in [-0.25, -0.2) is 0 Å². The fraction of sp³-hybridized carbons (Fsp3) is 0. The van der Waals surface area contributed by atoms with Gasteiger partial charge in [-0.15, -0.1) is 11.3 Å². The monoisotopic (exact) mass is 304 g/mol. The van der Waals surface area contributed by atoms with Gasteiger partial charge in [0.1, 0.15) is 5.58 Å². The lowest BCUT2D eigenvalue weighted by Crippen LogP contribution is -1.98. The molecule has 0 N–H and O–H groups in total. The Labute approximate surface area is 131 Å². The molecule has 0 saturated heterocycles. The molecule has 0 unspecified atom stereocenters. The summed E-state index contributed by atoms with van der Waals surface area (Å²) in [5.41, 5.74) is 3.78. The molecule has 3 heteroatoms.